The first-order chi connectivity index (χ1) is 10.3. The maximum atomic E-state index is 10.3. The number of hydrogen-bond acceptors (Lipinski definition) is 1. The first kappa shape index (κ1) is 19.9. The minimum Gasteiger partial charge on any atom is -0.481 e. The second-order valence-electron chi connectivity index (χ2n) is 5.72. The topological polar surface area (TPSA) is 37.3 Å². The van der Waals surface area contributed by atoms with Gasteiger partial charge < -0.3 is 5.11 Å². The van der Waals surface area contributed by atoms with E-state index >= 15 is 0 Å². The minimum absolute atomic E-state index is 0.241. The van der Waals surface area contributed by atoms with Gasteiger partial charge in [-0.2, -0.15) is 0 Å². The summed E-state index contributed by atoms with van der Waals surface area (Å²) in [7, 11) is 0. The molecule has 0 aliphatic rings. The van der Waals surface area contributed by atoms with Crippen LogP contribution in [0.1, 0.15) is 90.4 Å². The molecule has 2 heteroatoms. The largest absolute Gasteiger partial charge is 0.481 e. The molecule has 0 aliphatic carbocycles. The molecule has 0 saturated carbocycles. The van der Waals surface area contributed by atoms with Crippen molar-refractivity contribution in [3.63, 3.8) is 0 Å². The van der Waals surface area contributed by atoms with Crippen LogP contribution in [-0.4, -0.2) is 11.1 Å². The first-order valence-corrected chi connectivity index (χ1v) is 8.79. The van der Waals surface area contributed by atoms with Crippen LogP contribution in [0.5, 0.6) is 0 Å². The van der Waals surface area contributed by atoms with Crippen LogP contribution in [0.4, 0.5) is 0 Å². The molecule has 0 aliphatic heterocycles. The Morgan fingerprint density at radius 1 is 0.714 bits per heavy atom. The van der Waals surface area contributed by atoms with Gasteiger partial charge in [-0.15, -0.1) is 0 Å². The summed E-state index contributed by atoms with van der Waals surface area (Å²) in [6, 6.07) is 0. The van der Waals surface area contributed by atoms with Crippen LogP contribution in [0.25, 0.3) is 0 Å². The predicted molar refractivity (Wildman–Crippen MR) is 91.6 cm³/mol. The van der Waals surface area contributed by atoms with Crippen molar-refractivity contribution >= 4 is 5.97 Å². The van der Waals surface area contributed by atoms with E-state index in [0.29, 0.717) is 6.42 Å². The fraction of sp³-hybridized carbons (Fsp3) is 0.737. The van der Waals surface area contributed by atoms with Crippen LogP contribution in [0.3, 0.4) is 0 Å². The molecule has 0 aromatic carbocycles. The van der Waals surface area contributed by atoms with Crippen LogP contribution >= 0.6 is 0 Å². The molecule has 0 spiro atoms. The molecule has 0 rings (SSSR count). The van der Waals surface area contributed by atoms with Crippen molar-refractivity contribution in [2.24, 2.45) is 0 Å². The number of carboxylic acid groups (broad SMARTS) is 1. The van der Waals surface area contributed by atoms with Crippen molar-refractivity contribution in [1.82, 2.24) is 0 Å². The van der Waals surface area contributed by atoms with Gasteiger partial charge >= 0.3 is 5.97 Å². The minimum atomic E-state index is -0.718. The predicted octanol–water partition coefficient (Wildman–Crippen LogP) is 6.27. The zero-order valence-electron chi connectivity index (χ0n) is 13.9. The van der Waals surface area contributed by atoms with Gasteiger partial charge in [0, 0.05) is 6.42 Å². The molecular formula is C19H34O2. The average molecular weight is 294 g/mol. The number of allylic oxidation sites excluding steroid dienone is 4. The summed E-state index contributed by atoms with van der Waals surface area (Å²) in [5, 5.41) is 8.48. The van der Waals surface area contributed by atoms with Crippen molar-refractivity contribution in [2.45, 2.75) is 90.4 Å². The van der Waals surface area contributed by atoms with Crippen molar-refractivity contribution in [1.29, 1.82) is 0 Å². The zero-order chi connectivity index (χ0) is 15.6. The number of carbonyl (C=O) groups is 1. The van der Waals surface area contributed by atoms with Crippen LogP contribution in [0, 0.1) is 0 Å². The van der Waals surface area contributed by atoms with Gasteiger partial charge in [0.25, 0.3) is 0 Å². The molecule has 0 heterocycles. The highest BCUT2D eigenvalue weighted by atomic mass is 16.4. The Labute approximate surface area is 131 Å². The van der Waals surface area contributed by atoms with E-state index in [0.717, 1.165) is 12.8 Å². The highest BCUT2D eigenvalue weighted by Gasteiger charge is 1.91. The lowest BCUT2D eigenvalue weighted by Crippen LogP contribution is -1.91. The van der Waals surface area contributed by atoms with E-state index < -0.39 is 5.97 Å². The van der Waals surface area contributed by atoms with Gasteiger partial charge in [-0.3, -0.25) is 4.79 Å². The fourth-order valence-electron chi connectivity index (χ4n) is 2.27. The van der Waals surface area contributed by atoms with Crippen molar-refractivity contribution in [3.8, 4) is 0 Å². The highest BCUT2D eigenvalue weighted by molar-refractivity contribution is 5.66. The second kappa shape index (κ2) is 17.0. The summed E-state index contributed by atoms with van der Waals surface area (Å²) < 4.78 is 0. The summed E-state index contributed by atoms with van der Waals surface area (Å²) in [6.45, 7) is 2.26. The summed E-state index contributed by atoms with van der Waals surface area (Å²) in [5.74, 6) is -0.718. The van der Waals surface area contributed by atoms with Gasteiger partial charge in [-0.25, -0.2) is 0 Å². The Hall–Kier alpha value is -1.05. The molecule has 0 aromatic heterocycles. The third kappa shape index (κ3) is 18.9. The molecule has 0 unspecified atom stereocenters. The van der Waals surface area contributed by atoms with E-state index in [1.165, 1.54) is 57.8 Å². The van der Waals surface area contributed by atoms with E-state index in [-0.39, 0.29) is 6.42 Å². The summed E-state index contributed by atoms with van der Waals surface area (Å²) in [6.07, 6.45) is 23.8. The van der Waals surface area contributed by atoms with E-state index in [1.54, 1.807) is 0 Å². The smallest absolute Gasteiger partial charge is 0.303 e. The van der Waals surface area contributed by atoms with Crippen LogP contribution in [-0.2, 0) is 4.79 Å². The lowest BCUT2D eigenvalue weighted by Gasteiger charge is -1.99. The van der Waals surface area contributed by atoms with Gasteiger partial charge in [0.1, 0.15) is 0 Å². The molecule has 0 atom stereocenters. The molecule has 0 fully saturated rings. The Morgan fingerprint density at radius 2 is 1.19 bits per heavy atom. The SMILES string of the molecule is CCCCCCCCCC/C=C\CC/C=C\CCC(=O)O. The quantitative estimate of drug-likeness (QED) is 0.285. The number of aliphatic carboxylic acids is 1. The van der Waals surface area contributed by atoms with Gasteiger partial charge in [0.2, 0.25) is 0 Å². The van der Waals surface area contributed by atoms with Crippen LogP contribution < -0.4 is 0 Å². The van der Waals surface area contributed by atoms with Gasteiger partial charge in [0.05, 0.1) is 0 Å². The summed E-state index contributed by atoms with van der Waals surface area (Å²) in [4.78, 5) is 10.3. The van der Waals surface area contributed by atoms with Gasteiger partial charge in [0.15, 0.2) is 0 Å². The van der Waals surface area contributed by atoms with E-state index in [4.69, 9.17) is 5.11 Å². The second-order valence-corrected chi connectivity index (χ2v) is 5.72. The van der Waals surface area contributed by atoms with Crippen LogP contribution in [0.15, 0.2) is 24.3 Å². The molecule has 0 amide bonds. The Morgan fingerprint density at radius 3 is 1.76 bits per heavy atom. The third-order valence-electron chi connectivity index (χ3n) is 3.58. The van der Waals surface area contributed by atoms with E-state index in [9.17, 15) is 4.79 Å². The maximum absolute atomic E-state index is 10.3. The first-order valence-electron chi connectivity index (χ1n) is 8.79. The summed E-state index contributed by atoms with van der Waals surface area (Å²) in [5.41, 5.74) is 0. The standard InChI is InChI=1S/C19H34O2/c1-2-3-4-5-6-7-8-9-10-11-12-13-14-15-16-17-18-19(20)21/h11-12,15-16H,2-10,13-14,17-18H2,1H3,(H,20,21)/b12-11-,16-15-. The van der Waals surface area contributed by atoms with Crippen LogP contribution in [0.2, 0.25) is 0 Å². The van der Waals surface area contributed by atoms with Crippen molar-refractivity contribution in [3.05, 3.63) is 24.3 Å². The van der Waals surface area contributed by atoms with Crippen molar-refractivity contribution in [2.75, 3.05) is 0 Å². The number of carboxylic acids is 1. The maximum Gasteiger partial charge on any atom is 0.303 e. The number of rotatable bonds is 15. The summed E-state index contributed by atoms with van der Waals surface area (Å²) >= 11 is 0. The Balaban J connectivity index is 3.17. The lowest BCUT2D eigenvalue weighted by atomic mass is 10.1. The average Bonchev–Trinajstić information content (AvgIpc) is 2.46. The number of unbranched alkanes of at least 4 members (excludes halogenated alkanes) is 9. The van der Waals surface area contributed by atoms with E-state index in [2.05, 4.69) is 25.2 Å². The molecule has 0 aromatic rings. The molecule has 122 valence electrons. The zero-order valence-corrected chi connectivity index (χ0v) is 13.9. The lowest BCUT2D eigenvalue weighted by molar-refractivity contribution is -0.136. The normalized spacial score (nSPS) is 11.7. The number of hydrogen-bond donors (Lipinski definition) is 1. The van der Waals surface area contributed by atoms with Gasteiger partial charge in [-0.05, 0) is 32.1 Å². The van der Waals surface area contributed by atoms with Gasteiger partial charge in [-0.1, -0.05) is 76.2 Å². The Kier molecular flexibility index (Phi) is 16.2. The third-order valence-corrected chi connectivity index (χ3v) is 3.58. The molecule has 21 heavy (non-hydrogen) atoms. The van der Waals surface area contributed by atoms with Crippen molar-refractivity contribution < 1.29 is 9.90 Å². The highest BCUT2D eigenvalue weighted by Crippen LogP contribution is 2.10. The fourth-order valence-corrected chi connectivity index (χ4v) is 2.27. The molecule has 1 N–H and O–H groups in total. The molecule has 2 nitrogen and oxygen atoms in total. The Bertz CT molecular complexity index is 279. The molecule has 0 bridgehead atoms. The molecular weight excluding hydrogens is 260 g/mol. The molecule has 0 saturated heterocycles. The molecule has 0 radical (unpaired) electrons. The monoisotopic (exact) mass is 294 g/mol. The van der Waals surface area contributed by atoms with E-state index in [1.807, 2.05) is 6.08 Å².